The van der Waals surface area contributed by atoms with Crippen molar-refractivity contribution in [1.82, 2.24) is 14.5 Å². The van der Waals surface area contributed by atoms with Crippen LogP contribution in [0.3, 0.4) is 0 Å². The Bertz CT molecular complexity index is 1240. The number of nitrogens with zero attached hydrogens (tertiary/aromatic N) is 6. The van der Waals surface area contributed by atoms with Crippen molar-refractivity contribution in [2.24, 2.45) is 13.0 Å². The molecule has 0 bridgehead atoms. The van der Waals surface area contributed by atoms with Crippen LogP contribution in [0.1, 0.15) is 29.0 Å². The number of pyridine rings is 2. The summed E-state index contributed by atoms with van der Waals surface area (Å²) in [7, 11) is 1.73. The molecule has 0 radical (unpaired) electrons. The molecule has 30 heavy (non-hydrogen) atoms. The number of aromatic nitrogens is 3. The summed E-state index contributed by atoms with van der Waals surface area (Å²) in [6, 6.07) is 6.80. The Kier molecular flexibility index (Phi) is 4.51. The van der Waals surface area contributed by atoms with Crippen LogP contribution in [-0.2, 0) is 7.05 Å². The first-order valence-corrected chi connectivity index (χ1v) is 11.1. The summed E-state index contributed by atoms with van der Waals surface area (Å²) >= 11 is 1.51. The van der Waals surface area contributed by atoms with Crippen LogP contribution < -0.4 is 15.4 Å². The molecule has 5 heterocycles. The van der Waals surface area contributed by atoms with Crippen molar-refractivity contribution < 1.29 is 0 Å². The van der Waals surface area contributed by atoms with Crippen LogP contribution in [0.15, 0.2) is 23.1 Å². The molecule has 7 nitrogen and oxygen atoms in total. The third-order valence-corrected chi connectivity index (χ3v) is 7.51. The van der Waals surface area contributed by atoms with Gasteiger partial charge in [-0.1, -0.05) is 0 Å². The lowest BCUT2D eigenvalue weighted by atomic mass is 9.92. The fourth-order valence-electron chi connectivity index (χ4n) is 5.04. The number of fused-ring (bicyclic) bond motifs is 2. The molecule has 2 saturated heterocycles. The lowest BCUT2D eigenvalue weighted by Gasteiger charge is -2.39. The van der Waals surface area contributed by atoms with Gasteiger partial charge < -0.3 is 14.4 Å². The molecule has 0 aliphatic carbocycles. The van der Waals surface area contributed by atoms with Crippen LogP contribution in [0.5, 0.6) is 0 Å². The minimum absolute atomic E-state index is 0.212. The summed E-state index contributed by atoms with van der Waals surface area (Å²) in [5, 5.41) is 10.7. The molecular weight excluding hydrogens is 396 g/mol. The van der Waals surface area contributed by atoms with Gasteiger partial charge in [0.1, 0.15) is 27.8 Å². The fourth-order valence-corrected chi connectivity index (χ4v) is 5.91. The second-order valence-electron chi connectivity index (χ2n) is 8.32. The zero-order valence-corrected chi connectivity index (χ0v) is 18.2. The fraction of sp³-hybridized carbons (Fsp3) is 0.455. The highest BCUT2D eigenvalue weighted by molar-refractivity contribution is 7.18. The summed E-state index contributed by atoms with van der Waals surface area (Å²) in [4.78, 5) is 27.7. The van der Waals surface area contributed by atoms with E-state index in [2.05, 4.69) is 33.8 Å². The van der Waals surface area contributed by atoms with E-state index in [1.165, 1.54) is 16.9 Å². The minimum atomic E-state index is -0.234. The number of rotatable bonds is 2. The van der Waals surface area contributed by atoms with E-state index >= 15 is 0 Å². The average molecular weight is 421 g/mol. The van der Waals surface area contributed by atoms with E-state index in [1.807, 2.05) is 19.2 Å². The first-order valence-electron chi connectivity index (χ1n) is 10.3. The van der Waals surface area contributed by atoms with E-state index in [1.54, 1.807) is 11.6 Å². The number of hydrogen-bond donors (Lipinski definition) is 0. The second kappa shape index (κ2) is 7.10. The van der Waals surface area contributed by atoms with Gasteiger partial charge in [0.2, 0.25) is 0 Å². The van der Waals surface area contributed by atoms with Gasteiger partial charge >= 0.3 is 0 Å². The van der Waals surface area contributed by atoms with Gasteiger partial charge in [0.25, 0.3) is 5.56 Å². The largest absolute Gasteiger partial charge is 0.368 e. The SMILES string of the molecule is Cc1ccnc(N2CC[C@@H]3CN(c4c(C#N)c(=O)n(C)c5sc(C)nc45)CC[C@@H]32)c1. The maximum Gasteiger partial charge on any atom is 0.271 e. The number of thiazole rings is 1. The van der Waals surface area contributed by atoms with Crippen molar-refractivity contribution >= 4 is 33.2 Å². The van der Waals surface area contributed by atoms with Crippen molar-refractivity contribution in [3.8, 4) is 6.07 Å². The van der Waals surface area contributed by atoms with Gasteiger partial charge in [0.15, 0.2) is 0 Å². The average Bonchev–Trinajstić information content (AvgIpc) is 3.33. The van der Waals surface area contributed by atoms with Crippen molar-refractivity contribution in [2.75, 3.05) is 29.4 Å². The summed E-state index contributed by atoms with van der Waals surface area (Å²) in [5.41, 5.74) is 2.71. The maximum absolute atomic E-state index is 12.9. The quantitative estimate of drug-likeness (QED) is 0.634. The first kappa shape index (κ1) is 19.1. The molecular formula is C22H24N6OS. The van der Waals surface area contributed by atoms with E-state index in [4.69, 9.17) is 4.98 Å². The molecule has 0 spiro atoms. The van der Waals surface area contributed by atoms with Crippen LogP contribution in [0.25, 0.3) is 10.3 Å². The number of aryl methyl sites for hydroxylation is 3. The van der Waals surface area contributed by atoms with E-state index in [-0.39, 0.29) is 11.1 Å². The molecule has 0 unspecified atom stereocenters. The van der Waals surface area contributed by atoms with Crippen LogP contribution in [0, 0.1) is 31.1 Å². The monoisotopic (exact) mass is 420 g/mol. The van der Waals surface area contributed by atoms with E-state index < -0.39 is 0 Å². The Labute approximate surface area is 179 Å². The van der Waals surface area contributed by atoms with Gasteiger partial charge in [0.05, 0.1) is 10.7 Å². The van der Waals surface area contributed by atoms with E-state index in [9.17, 15) is 10.1 Å². The van der Waals surface area contributed by atoms with Crippen LogP contribution >= 0.6 is 11.3 Å². The second-order valence-corrected chi connectivity index (χ2v) is 9.50. The molecule has 2 aliphatic rings. The Morgan fingerprint density at radius 1 is 1.27 bits per heavy atom. The van der Waals surface area contributed by atoms with Gasteiger partial charge in [-0.05, 0) is 50.3 Å². The topological polar surface area (TPSA) is 78.0 Å². The first-order chi connectivity index (χ1) is 14.5. The Hall–Kier alpha value is -2.92. The molecule has 2 fully saturated rings. The summed E-state index contributed by atoms with van der Waals surface area (Å²) in [5.74, 6) is 1.53. The Balaban J connectivity index is 1.51. The summed E-state index contributed by atoms with van der Waals surface area (Å²) in [6.45, 7) is 6.67. The highest BCUT2D eigenvalue weighted by Crippen LogP contribution is 2.39. The normalized spacial score (nSPS) is 21.1. The molecule has 5 rings (SSSR count). The van der Waals surface area contributed by atoms with Crippen molar-refractivity contribution in [1.29, 1.82) is 5.26 Å². The molecule has 0 aromatic carbocycles. The number of hydrogen-bond acceptors (Lipinski definition) is 7. The zero-order valence-electron chi connectivity index (χ0n) is 17.4. The zero-order chi connectivity index (χ0) is 21.0. The van der Waals surface area contributed by atoms with Crippen molar-refractivity contribution in [2.45, 2.75) is 32.7 Å². The molecule has 154 valence electrons. The van der Waals surface area contributed by atoms with Gasteiger partial charge in [-0.3, -0.25) is 4.79 Å². The third kappa shape index (κ3) is 2.88. The predicted molar refractivity (Wildman–Crippen MR) is 119 cm³/mol. The molecule has 0 saturated carbocycles. The highest BCUT2D eigenvalue weighted by atomic mass is 32.1. The van der Waals surface area contributed by atoms with Crippen molar-refractivity contribution in [3.05, 3.63) is 44.8 Å². The highest BCUT2D eigenvalue weighted by Gasteiger charge is 2.40. The molecule has 2 aliphatic heterocycles. The minimum Gasteiger partial charge on any atom is -0.368 e. The summed E-state index contributed by atoms with van der Waals surface area (Å²) in [6.07, 6.45) is 3.95. The van der Waals surface area contributed by atoms with Gasteiger partial charge in [-0.2, -0.15) is 5.26 Å². The molecule has 0 N–H and O–H groups in total. The lowest BCUT2D eigenvalue weighted by molar-refractivity contribution is 0.395. The third-order valence-electron chi connectivity index (χ3n) is 6.46. The van der Waals surface area contributed by atoms with Gasteiger partial charge in [-0.15, -0.1) is 11.3 Å². The van der Waals surface area contributed by atoms with Crippen LogP contribution in [-0.4, -0.2) is 40.2 Å². The predicted octanol–water partition coefficient (Wildman–Crippen LogP) is 2.98. The van der Waals surface area contributed by atoms with Gasteiger partial charge in [0, 0.05) is 38.9 Å². The molecule has 0 amide bonds. The Morgan fingerprint density at radius 3 is 2.87 bits per heavy atom. The summed E-state index contributed by atoms with van der Waals surface area (Å²) < 4.78 is 1.56. The van der Waals surface area contributed by atoms with Crippen LogP contribution in [0.4, 0.5) is 11.5 Å². The molecule has 3 aromatic rings. The number of piperidine rings is 1. The van der Waals surface area contributed by atoms with Crippen molar-refractivity contribution in [3.63, 3.8) is 0 Å². The maximum atomic E-state index is 12.9. The number of anilines is 2. The lowest BCUT2D eigenvalue weighted by Crippen LogP contribution is -2.47. The molecule has 3 aromatic heterocycles. The van der Waals surface area contributed by atoms with E-state index in [0.29, 0.717) is 12.0 Å². The molecule has 2 atom stereocenters. The Morgan fingerprint density at radius 2 is 2.10 bits per heavy atom. The smallest absolute Gasteiger partial charge is 0.271 e. The molecule has 8 heteroatoms. The number of nitriles is 1. The van der Waals surface area contributed by atoms with Gasteiger partial charge in [-0.25, -0.2) is 9.97 Å². The van der Waals surface area contributed by atoms with E-state index in [0.717, 1.165) is 59.3 Å². The standard InChI is InChI=1S/C22H24N6OS/c1-13-4-7-24-18(10-13)28-9-5-15-12-27(8-6-17(15)28)20-16(11-23)21(29)26(3)22-19(20)25-14(2)30-22/h4,7,10,15,17H,5-6,8-9,12H2,1-3H3/t15-,17+/m1/s1. The van der Waals surface area contributed by atoms with Crippen LogP contribution in [0.2, 0.25) is 0 Å².